The van der Waals surface area contributed by atoms with Gasteiger partial charge in [0, 0.05) is 6.04 Å². The maximum atomic E-state index is 10.5. The number of hydrogen-bond donors (Lipinski definition) is 2. The number of carboxylic acid groups (broad SMARTS) is 1. The van der Waals surface area contributed by atoms with Crippen LogP contribution in [-0.2, 0) is 9.59 Å². The zero-order chi connectivity index (χ0) is 8.43. The van der Waals surface area contributed by atoms with Crippen molar-refractivity contribution >= 4 is 11.9 Å². The predicted octanol–water partition coefficient (Wildman–Crippen LogP) is -0.0143. The minimum absolute atomic E-state index is 0.114. The third-order valence-electron chi connectivity index (χ3n) is 1.96. The van der Waals surface area contributed by atoms with Crippen LogP contribution in [0.25, 0.3) is 0 Å². The topological polar surface area (TPSA) is 66.4 Å². The molecular weight excluding hydrogens is 146 g/mol. The summed E-state index contributed by atoms with van der Waals surface area (Å²) in [6.45, 7) is 2.03. The second-order valence-corrected chi connectivity index (χ2v) is 2.79. The summed E-state index contributed by atoms with van der Waals surface area (Å²) in [5.74, 6) is -1.78. The van der Waals surface area contributed by atoms with Gasteiger partial charge >= 0.3 is 11.9 Å². The van der Waals surface area contributed by atoms with Gasteiger partial charge in [0.1, 0.15) is 0 Å². The quantitative estimate of drug-likeness (QED) is 0.554. The molecule has 1 rings (SSSR count). The highest BCUT2D eigenvalue weighted by atomic mass is 16.4. The third-order valence-corrected chi connectivity index (χ3v) is 1.96. The highest BCUT2D eigenvalue weighted by Gasteiger charge is 2.37. The van der Waals surface area contributed by atoms with Crippen LogP contribution in [0, 0.1) is 5.92 Å². The number of hydrogen-bond acceptors (Lipinski definition) is 2. The third kappa shape index (κ3) is 1.93. The van der Waals surface area contributed by atoms with Gasteiger partial charge < -0.3 is 10.4 Å². The summed E-state index contributed by atoms with van der Waals surface area (Å²) in [6, 6.07) is 0.114. The molecule has 0 bridgehead atoms. The van der Waals surface area contributed by atoms with E-state index < -0.39 is 11.9 Å². The van der Waals surface area contributed by atoms with Crippen molar-refractivity contribution in [3.8, 4) is 0 Å². The van der Waals surface area contributed by atoms with E-state index in [0.717, 1.165) is 12.8 Å². The van der Waals surface area contributed by atoms with Crippen LogP contribution in [0.2, 0.25) is 0 Å². The zero-order valence-corrected chi connectivity index (χ0v) is 6.33. The Labute approximate surface area is 64.6 Å². The molecule has 1 amide bonds. The average Bonchev–Trinajstić information content (AvgIpc) is 2.67. The van der Waals surface area contributed by atoms with E-state index in [-0.39, 0.29) is 6.04 Å². The van der Waals surface area contributed by atoms with Gasteiger partial charge in [-0.05, 0) is 12.3 Å². The first-order valence-corrected chi connectivity index (χ1v) is 3.69. The molecule has 0 aromatic heterocycles. The molecule has 4 nitrogen and oxygen atoms in total. The second-order valence-electron chi connectivity index (χ2n) is 2.79. The monoisotopic (exact) mass is 157 g/mol. The molecule has 1 fully saturated rings. The lowest BCUT2D eigenvalue weighted by Crippen LogP contribution is -2.33. The number of nitrogens with one attached hydrogen (secondary N) is 1. The maximum Gasteiger partial charge on any atom is 0.394 e. The molecule has 11 heavy (non-hydrogen) atoms. The van der Waals surface area contributed by atoms with Crippen LogP contribution in [0.15, 0.2) is 0 Å². The van der Waals surface area contributed by atoms with Crippen molar-refractivity contribution in [2.24, 2.45) is 5.92 Å². The van der Waals surface area contributed by atoms with Gasteiger partial charge in [0.2, 0.25) is 0 Å². The van der Waals surface area contributed by atoms with Gasteiger partial charge in [0.05, 0.1) is 0 Å². The Morgan fingerprint density at radius 3 is 2.64 bits per heavy atom. The lowest BCUT2D eigenvalue weighted by Gasteiger charge is -1.97. The molecular formula is C7H11NO3. The Morgan fingerprint density at radius 2 is 2.27 bits per heavy atom. The molecule has 0 spiro atoms. The van der Waals surface area contributed by atoms with Crippen LogP contribution in [0.3, 0.4) is 0 Å². The number of rotatable bonds is 2. The second kappa shape index (κ2) is 2.90. The van der Waals surface area contributed by atoms with E-state index in [9.17, 15) is 9.59 Å². The van der Waals surface area contributed by atoms with Gasteiger partial charge in [-0.2, -0.15) is 0 Å². The van der Waals surface area contributed by atoms with Crippen LogP contribution in [0.1, 0.15) is 19.8 Å². The highest BCUT2D eigenvalue weighted by Crippen LogP contribution is 2.32. The summed E-state index contributed by atoms with van der Waals surface area (Å²) in [5, 5.41) is 10.6. The van der Waals surface area contributed by atoms with Crippen molar-refractivity contribution in [1.29, 1.82) is 0 Å². The number of aliphatic carboxylic acids is 1. The van der Waals surface area contributed by atoms with Gasteiger partial charge in [-0.3, -0.25) is 4.79 Å². The lowest BCUT2D eigenvalue weighted by molar-refractivity contribution is -0.150. The fraction of sp³-hybridized carbons (Fsp3) is 0.714. The largest absolute Gasteiger partial charge is 0.474 e. The maximum absolute atomic E-state index is 10.5. The standard InChI is InChI=1S/C7H11NO3/c1-2-4-3-5(4)8-6(9)7(10)11/h4-5H,2-3H2,1H3,(H,8,9)(H,10,11). The Balaban J connectivity index is 2.23. The van der Waals surface area contributed by atoms with Crippen LogP contribution in [0.4, 0.5) is 0 Å². The van der Waals surface area contributed by atoms with E-state index in [1.165, 1.54) is 0 Å². The Morgan fingerprint density at radius 1 is 1.64 bits per heavy atom. The molecule has 0 saturated heterocycles. The van der Waals surface area contributed by atoms with Gasteiger partial charge in [-0.1, -0.05) is 13.3 Å². The van der Waals surface area contributed by atoms with Crippen molar-refractivity contribution in [2.45, 2.75) is 25.8 Å². The molecule has 2 N–H and O–H groups in total. The number of carbonyl (C=O) groups is 2. The van der Waals surface area contributed by atoms with Crippen molar-refractivity contribution in [1.82, 2.24) is 5.32 Å². The smallest absolute Gasteiger partial charge is 0.394 e. The van der Waals surface area contributed by atoms with E-state index >= 15 is 0 Å². The van der Waals surface area contributed by atoms with Crippen LogP contribution in [0.5, 0.6) is 0 Å². The van der Waals surface area contributed by atoms with Gasteiger partial charge in [-0.15, -0.1) is 0 Å². The van der Waals surface area contributed by atoms with Crippen molar-refractivity contribution in [3.63, 3.8) is 0 Å². The molecule has 1 aliphatic carbocycles. The molecule has 2 unspecified atom stereocenters. The Bertz CT molecular complexity index is 190. The number of amides is 1. The number of carboxylic acids is 1. The Hall–Kier alpha value is -1.06. The summed E-state index contributed by atoms with van der Waals surface area (Å²) < 4.78 is 0. The average molecular weight is 157 g/mol. The van der Waals surface area contributed by atoms with Gasteiger partial charge in [0.25, 0.3) is 0 Å². The van der Waals surface area contributed by atoms with Crippen LogP contribution < -0.4 is 5.32 Å². The SMILES string of the molecule is CCC1CC1NC(=O)C(=O)O. The Kier molecular flexibility index (Phi) is 2.12. The first-order valence-electron chi connectivity index (χ1n) is 3.69. The molecule has 0 aliphatic heterocycles. The summed E-state index contributed by atoms with van der Waals surface area (Å²) in [7, 11) is 0. The van der Waals surface area contributed by atoms with Crippen molar-refractivity contribution < 1.29 is 14.7 Å². The first kappa shape index (κ1) is 8.04. The fourth-order valence-electron chi connectivity index (χ4n) is 1.11. The van der Waals surface area contributed by atoms with E-state index in [4.69, 9.17) is 5.11 Å². The molecule has 2 atom stereocenters. The zero-order valence-electron chi connectivity index (χ0n) is 6.33. The lowest BCUT2D eigenvalue weighted by atomic mass is 10.3. The molecule has 0 aromatic rings. The summed E-state index contributed by atoms with van der Waals surface area (Å²) in [6.07, 6.45) is 1.93. The molecule has 0 radical (unpaired) electrons. The van der Waals surface area contributed by atoms with Gasteiger partial charge in [-0.25, -0.2) is 4.79 Å². The van der Waals surface area contributed by atoms with Gasteiger partial charge in [0.15, 0.2) is 0 Å². The minimum Gasteiger partial charge on any atom is -0.474 e. The van der Waals surface area contributed by atoms with E-state index in [2.05, 4.69) is 5.32 Å². The van der Waals surface area contributed by atoms with Crippen molar-refractivity contribution in [3.05, 3.63) is 0 Å². The van der Waals surface area contributed by atoms with E-state index in [1.54, 1.807) is 0 Å². The fourth-order valence-corrected chi connectivity index (χ4v) is 1.11. The first-order chi connectivity index (χ1) is 5.15. The minimum atomic E-state index is -1.40. The van der Waals surface area contributed by atoms with Crippen molar-refractivity contribution in [2.75, 3.05) is 0 Å². The summed E-state index contributed by atoms with van der Waals surface area (Å²) >= 11 is 0. The predicted molar refractivity (Wildman–Crippen MR) is 38.0 cm³/mol. The molecule has 0 heterocycles. The number of carbonyl (C=O) groups excluding carboxylic acids is 1. The van der Waals surface area contributed by atoms with E-state index in [1.807, 2.05) is 6.92 Å². The van der Waals surface area contributed by atoms with Crippen LogP contribution in [-0.4, -0.2) is 23.0 Å². The molecule has 62 valence electrons. The molecule has 1 aliphatic rings. The molecule has 1 saturated carbocycles. The summed E-state index contributed by atoms with van der Waals surface area (Å²) in [4.78, 5) is 20.6. The highest BCUT2D eigenvalue weighted by molar-refractivity contribution is 6.31. The molecule has 0 aromatic carbocycles. The van der Waals surface area contributed by atoms with Crippen LogP contribution >= 0.6 is 0 Å². The normalized spacial score (nSPS) is 27.7. The van der Waals surface area contributed by atoms with E-state index in [0.29, 0.717) is 5.92 Å². The molecule has 4 heteroatoms. The summed E-state index contributed by atoms with van der Waals surface area (Å²) in [5.41, 5.74) is 0.